The molecule has 2 heterocycles. The van der Waals surface area contributed by atoms with E-state index in [4.69, 9.17) is 0 Å². The van der Waals surface area contributed by atoms with Crippen LogP contribution in [0.5, 0.6) is 0 Å². The molecule has 2 aromatic rings. The Morgan fingerprint density at radius 3 is 3.05 bits per heavy atom. The topological polar surface area (TPSA) is 54.0 Å². The van der Waals surface area contributed by atoms with E-state index < -0.39 is 0 Å². The Kier molecular flexibility index (Phi) is 4.92. The molecule has 2 N–H and O–H groups in total. The molecule has 2 rings (SSSR count). The van der Waals surface area contributed by atoms with E-state index in [2.05, 4.69) is 21.7 Å². The summed E-state index contributed by atoms with van der Waals surface area (Å²) in [5.74, 6) is -0.0603. The van der Waals surface area contributed by atoms with Crippen LogP contribution >= 0.6 is 11.3 Å². The van der Waals surface area contributed by atoms with Crippen molar-refractivity contribution in [3.63, 3.8) is 0 Å². The Labute approximate surface area is 116 Å². The summed E-state index contributed by atoms with van der Waals surface area (Å²) in [6.07, 6.45) is 4.18. The van der Waals surface area contributed by atoms with Gasteiger partial charge in [0, 0.05) is 24.2 Å². The molecule has 0 aliphatic rings. The Morgan fingerprint density at radius 1 is 1.42 bits per heavy atom. The monoisotopic (exact) mass is 275 g/mol. The normalized spacial score (nSPS) is 10.2. The maximum absolute atomic E-state index is 12.1. The molecule has 0 aliphatic heterocycles. The molecule has 0 fully saturated rings. The van der Waals surface area contributed by atoms with E-state index in [9.17, 15) is 4.79 Å². The molecule has 0 spiro atoms. The van der Waals surface area contributed by atoms with Gasteiger partial charge in [0.05, 0.1) is 17.4 Å². The van der Waals surface area contributed by atoms with Crippen LogP contribution in [-0.4, -0.2) is 24.0 Å². The third kappa shape index (κ3) is 3.79. The highest BCUT2D eigenvalue weighted by molar-refractivity contribution is 7.09. The summed E-state index contributed by atoms with van der Waals surface area (Å²) in [5.41, 5.74) is 1.42. The van der Waals surface area contributed by atoms with Crippen LogP contribution in [0.3, 0.4) is 0 Å². The minimum absolute atomic E-state index is 0.0603. The minimum Gasteiger partial charge on any atom is -0.383 e. The second-order valence-corrected chi connectivity index (χ2v) is 5.07. The fourth-order valence-electron chi connectivity index (χ4n) is 1.77. The number of amides is 1. The van der Waals surface area contributed by atoms with Crippen LogP contribution in [-0.2, 0) is 6.42 Å². The number of nitrogens with one attached hydrogen (secondary N) is 2. The fraction of sp³-hybridized carbons (Fsp3) is 0.286. The van der Waals surface area contributed by atoms with Gasteiger partial charge in [-0.3, -0.25) is 9.78 Å². The van der Waals surface area contributed by atoms with Crippen molar-refractivity contribution in [3.05, 3.63) is 46.4 Å². The Balaban J connectivity index is 1.92. The number of nitrogens with zero attached hydrogens (tertiary/aromatic N) is 1. The minimum atomic E-state index is -0.0603. The second kappa shape index (κ2) is 6.89. The van der Waals surface area contributed by atoms with Crippen LogP contribution in [0.25, 0.3) is 0 Å². The standard InChI is InChI=1S/C14H17N3OS/c1-2-16-13-10-15-7-6-12(13)14(18)17-8-5-11-4-3-9-19-11/h3-4,6-7,9-10,16H,2,5,8H2,1H3,(H,17,18). The molecule has 5 heteroatoms. The second-order valence-electron chi connectivity index (χ2n) is 4.04. The zero-order valence-corrected chi connectivity index (χ0v) is 11.7. The lowest BCUT2D eigenvalue weighted by molar-refractivity contribution is 0.0955. The van der Waals surface area contributed by atoms with Gasteiger partial charge >= 0.3 is 0 Å². The van der Waals surface area contributed by atoms with Gasteiger partial charge in [0.15, 0.2) is 0 Å². The van der Waals surface area contributed by atoms with Crippen LogP contribution in [0.15, 0.2) is 36.0 Å². The van der Waals surface area contributed by atoms with Crippen LogP contribution in [0.4, 0.5) is 5.69 Å². The zero-order valence-electron chi connectivity index (χ0n) is 10.8. The molecular weight excluding hydrogens is 258 g/mol. The first-order valence-electron chi connectivity index (χ1n) is 6.29. The molecule has 19 heavy (non-hydrogen) atoms. The van der Waals surface area contributed by atoms with Gasteiger partial charge in [0.2, 0.25) is 0 Å². The largest absolute Gasteiger partial charge is 0.383 e. The number of thiophene rings is 1. The predicted octanol–water partition coefficient (Wildman–Crippen LogP) is 2.55. The van der Waals surface area contributed by atoms with E-state index >= 15 is 0 Å². The van der Waals surface area contributed by atoms with Gasteiger partial charge in [-0.05, 0) is 30.9 Å². The van der Waals surface area contributed by atoms with E-state index in [1.807, 2.05) is 18.4 Å². The molecule has 0 aromatic carbocycles. The summed E-state index contributed by atoms with van der Waals surface area (Å²) in [5, 5.41) is 8.12. The molecule has 2 aromatic heterocycles. The number of aromatic nitrogens is 1. The third-order valence-electron chi connectivity index (χ3n) is 2.67. The lowest BCUT2D eigenvalue weighted by Crippen LogP contribution is -2.26. The summed E-state index contributed by atoms with van der Waals surface area (Å²) in [7, 11) is 0. The summed E-state index contributed by atoms with van der Waals surface area (Å²) in [6.45, 7) is 3.40. The Bertz CT molecular complexity index is 525. The Hall–Kier alpha value is -1.88. The first-order chi connectivity index (χ1) is 9.31. The van der Waals surface area contributed by atoms with Crippen molar-refractivity contribution >= 4 is 22.9 Å². The predicted molar refractivity (Wildman–Crippen MR) is 78.8 cm³/mol. The summed E-state index contributed by atoms with van der Waals surface area (Å²) >= 11 is 1.71. The van der Waals surface area contributed by atoms with Gasteiger partial charge in [0.25, 0.3) is 5.91 Å². The summed E-state index contributed by atoms with van der Waals surface area (Å²) < 4.78 is 0. The number of carbonyl (C=O) groups excluding carboxylic acids is 1. The molecule has 0 unspecified atom stereocenters. The van der Waals surface area contributed by atoms with Crippen LogP contribution in [0.1, 0.15) is 22.2 Å². The zero-order chi connectivity index (χ0) is 13.5. The van der Waals surface area contributed by atoms with Crippen molar-refractivity contribution in [2.45, 2.75) is 13.3 Å². The van der Waals surface area contributed by atoms with E-state index in [1.54, 1.807) is 29.8 Å². The maximum Gasteiger partial charge on any atom is 0.253 e. The molecule has 4 nitrogen and oxygen atoms in total. The summed E-state index contributed by atoms with van der Waals surface area (Å²) in [4.78, 5) is 17.4. The lowest BCUT2D eigenvalue weighted by Gasteiger charge is -2.10. The fourth-order valence-corrected chi connectivity index (χ4v) is 2.48. The van der Waals surface area contributed by atoms with E-state index in [1.165, 1.54) is 4.88 Å². The molecule has 0 saturated heterocycles. The maximum atomic E-state index is 12.1. The lowest BCUT2D eigenvalue weighted by atomic mass is 10.2. The van der Waals surface area contributed by atoms with E-state index in [0.29, 0.717) is 12.1 Å². The number of anilines is 1. The van der Waals surface area contributed by atoms with Gasteiger partial charge in [-0.2, -0.15) is 0 Å². The molecule has 100 valence electrons. The Morgan fingerprint density at radius 2 is 2.32 bits per heavy atom. The van der Waals surface area contributed by atoms with Gasteiger partial charge in [-0.1, -0.05) is 6.07 Å². The van der Waals surface area contributed by atoms with Crippen molar-refractivity contribution in [2.24, 2.45) is 0 Å². The van der Waals surface area contributed by atoms with Crippen LogP contribution in [0.2, 0.25) is 0 Å². The molecule has 0 aliphatic carbocycles. The number of carbonyl (C=O) groups is 1. The van der Waals surface area contributed by atoms with Gasteiger partial charge in [-0.25, -0.2) is 0 Å². The van der Waals surface area contributed by atoms with Crippen molar-refractivity contribution in [3.8, 4) is 0 Å². The molecular formula is C14H17N3OS. The first-order valence-corrected chi connectivity index (χ1v) is 7.17. The smallest absolute Gasteiger partial charge is 0.253 e. The highest BCUT2D eigenvalue weighted by atomic mass is 32.1. The molecule has 0 bridgehead atoms. The highest BCUT2D eigenvalue weighted by Crippen LogP contribution is 2.13. The number of rotatable bonds is 6. The highest BCUT2D eigenvalue weighted by Gasteiger charge is 2.10. The number of hydrogen-bond acceptors (Lipinski definition) is 4. The summed E-state index contributed by atoms with van der Waals surface area (Å²) in [6, 6.07) is 5.83. The molecule has 0 saturated carbocycles. The van der Waals surface area contributed by atoms with Gasteiger partial charge < -0.3 is 10.6 Å². The van der Waals surface area contributed by atoms with Crippen LogP contribution in [0, 0.1) is 0 Å². The third-order valence-corrected chi connectivity index (χ3v) is 3.61. The molecule has 0 atom stereocenters. The van der Waals surface area contributed by atoms with E-state index in [0.717, 1.165) is 18.7 Å². The van der Waals surface area contributed by atoms with Crippen molar-refractivity contribution in [1.29, 1.82) is 0 Å². The van der Waals surface area contributed by atoms with Crippen LogP contribution < -0.4 is 10.6 Å². The quantitative estimate of drug-likeness (QED) is 0.852. The average Bonchev–Trinajstić information content (AvgIpc) is 2.93. The van der Waals surface area contributed by atoms with Crippen molar-refractivity contribution in [2.75, 3.05) is 18.4 Å². The SMILES string of the molecule is CCNc1cnccc1C(=O)NCCc1cccs1. The molecule has 0 radical (unpaired) electrons. The first kappa shape index (κ1) is 13.5. The van der Waals surface area contributed by atoms with E-state index in [-0.39, 0.29) is 5.91 Å². The van der Waals surface area contributed by atoms with Gasteiger partial charge in [0.1, 0.15) is 0 Å². The molecule has 1 amide bonds. The van der Waals surface area contributed by atoms with Crippen molar-refractivity contribution < 1.29 is 4.79 Å². The van der Waals surface area contributed by atoms with Gasteiger partial charge in [-0.15, -0.1) is 11.3 Å². The van der Waals surface area contributed by atoms with Crippen molar-refractivity contribution in [1.82, 2.24) is 10.3 Å². The number of hydrogen-bond donors (Lipinski definition) is 2. The average molecular weight is 275 g/mol. The number of pyridine rings is 1.